The molecule has 1 N–H and O–H groups in total. The summed E-state index contributed by atoms with van der Waals surface area (Å²) in [5, 5.41) is 5.84. The SMILES string of the molecule is Cc1ccsc1CNC1CCC2(CC1)OCCO2. The van der Waals surface area contributed by atoms with E-state index >= 15 is 0 Å². The maximum Gasteiger partial charge on any atom is 0.168 e. The van der Waals surface area contributed by atoms with Gasteiger partial charge in [0.2, 0.25) is 0 Å². The highest BCUT2D eigenvalue weighted by Gasteiger charge is 2.40. The molecule has 1 aromatic rings. The van der Waals surface area contributed by atoms with Crippen LogP contribution in [0.4, 0.5) is 0 Å². The van der Waals surface area contributed by atoms with Crippen molar-refractivity contribution in [2.75, 3.05) is 13.2 Å². The number of ether oxygens (including phenoxy) is 2. The first-order valence-corrected chi connectivity index (χ1v) is 7.70. The minimum atomic E-state index is -0.225. The minimum absolute atomic E-state index is 0.225. The molecule has 0 aromatic carbocycles. The summed E-state index contributed by atoms with van der Waals surface area (Å²) in [6.45, 7) is 4.73. The smallest absolute Gasteiger partial charge is 0.168 e. The van der Waals surface area contributed by atoms with Crippen LogP contribution in [-0.2, 0) is 16.0 Å². The van der Waals surface area contributed by atoms with Crippen molar-refractivity contribution in [3.8, 4) is 0 Å². The van der Waals surface area contributed by atoms with Crippen LogP contribution in [-0.4, -0.2) is 25.0 Å². The predicted octanol–water partition coefficient (Wildman–Crippen LogP) is 2.83. The third-order valence-corrected chi connectivity index (χ3v) is 5.10. The molecule has 0 bridgehead atoms. The minimum Gasteiger partial charge on any atom is -0.348 e. The average molecular weight is 267 g/mol. The lowest BCUT2D eigenvalue weighted by Crippen LogP contribution is -2.41. The molecule has 4 heteroatoms. The largest absolute Gasteiger partial charge is 0.348 e. The van der Waals surface area contributed by atoms with Crippen LogP contribution in [0.25, 0.3) is 0 Å². The average Bonchev–Trinajstić information content (AvgIpc) is 2.99. The molecule has 0 unspecified atom stereocenters. The molecular formula is C14H21NO2S. The normalized spacial score (nSPS) is 23.8. The van der Waals surface area contributed by atoms with Crippen molar-refractivity contribution < 1.29 is 9.47 Å². The van der Waals surface area contributed by atoms with Crippen LogP contribution in [0.2, 0.25) is 0 Å². The Balaban J connectivity index is 1.47. The van der Waals surface area contributed by atoms with Gasteiger partial charge in [0.05, 0.1) is 13.2 Å². The molecule has 2 fully saturated rings. The van der Waals surface area contributed by atoms with Gasteiger partial charge in [-0.15, -0.1) is 11.3 Å². The molecule has 2 aliphatic rings. The van der Waals surface area contributed by atoms with Gasteiger partial charge in [-0.25, -0.2) is 0 Å². The fraction of sp³-hybridized carbons (Fsp3) is 0.714. The molecule has 1 aliphatic carbocycles. The molecule has 1 saturated carbocycles. The van der Waals surface area contributed by atoms with Crippen LogP contribution in [0.1, 0.15) is 36.1 Å². The van der Waals surface area contributed by atoms with Gasteiger partial charge in [0.15, 0.2) is 5.79 Å². The van der Waals surface area contributed by atoms with E-state index in [1.165, 1.54) is 10.4 Å². The van der Waals surface area contributed by atoms with E-state index < -0.39 is 0 Å². The molecule has 3 nitrogen and oxygen atoms in total. The number of thiophene rings is 1. The maximum absolute atomic E-state index is 5.75. The van der Waals surface area contributed by atoms with Crippen molar-refractivity contribution in [1.29, 1.82) is 0 Å². The van der Waals surface area contributed by atoms with Crippen LogP contribution in [0, 0.1) is 6.92 Å². The molecular weight excluding hydrogens is 246 g/mol. The van der Waals surface area contributed by atoms with Crippen molar-refractivity contribution in [3.63, 3.8) is 0 Å². The Morgan fingerprint density at radius 2 is 2.06 bits per heavy atom. The number of rotatable bonds is 3. The second kappa shape index (κ2) is 5.29. The van der Waals surface area contributed by atoms with Gasteiger partial charge in [0.1, 0.15) is 0 Å². The Hall–Kier alpha value is -0.420. The highest BCUT2D eigenvalue weighted by Crippen LogP contribution is 2.35. The van der Waals surface area contributed by atoms with Gasteiger partial charge in [-0.05, 0) is 36.8 Å². The monoisotopic (exact) mass is 267 g/mol. The molecule has 2 heterocycles. The molecule has 0 amide bonds. The van der Waals surface area contributed by atoms with Crippen LogP contribution in [0.3, 0.4) is 0 Å². The van der Waals surface area contributed by atoms with E-state index in [2.05, 4.69) is 23.7 Å². The highest BCUT2D eigenvalue weighted by atomic mass is 32.1. The molecule has 100 valence electrons. The highest BCUT2D eigenvalue weighted by molar-refractivity contribution is 7.10. The number of aryl methyl sites for hydroxylation is 1. The number of nitrogens with one attached hydrogen (secondary N) is 1. The van der Waals surface area contributed by atoms with Gasteiger partial charge in [-0.1, -0.05) is 0 Å². The topological polar surface area (TPSA) is 30.5 Å². The van der Waals surface area contributed by atoms with E-state index in [0.29, 0.717) is 6.04 Å². The summed E-state index contributed by atoms with van der Waals surface area (Å²) in [5.41, 5.74) is 1.40. The summed E-state index contributed by atoms with van der Waals surface area (Å²) in [4.78, 5) is 1.46. The zero-order valence-electron chi connectivity index (χ0n) is 10.9. The zero-order chi connectivity index (χ0) is 12.4. The van der Waals surface area contributed by atoms with Crippen LogP contribution < -0.4 is 5.32 Å². The fourth-order valence-corrected chi connectivity index (χ4v) is 3.73. The van der Waals surface area contributed by atoms with Crippen LogP contribution >= 0.6 is 11.3 Å². The lowest BCUT2D eigenvalue weighted by atomic mass is 9.90. The molecule has 0 atom stereocenters. The molecule has 3 rings (SSSR count). The van der Waals surface area contributed by atoms with E-state index in [1.807, 2.05) is 11.3 Å². The van der Waals surface area contributed by atoms with Crippen molar-refractivity contribution in [3.05, 3.63) is 21.9 Å². The Kier molecular flexibility index (Phi) is 3.71. The van der Waals surface area contributed by atoms with Crippen molar-refractivity contribution in [2.45, 2.75) is 51.0 Å². The molecule has 0 radical (unpaired) electrons. The van der Waals surface area contributed by atoms with E-state index in [1.54, 1.807) is 0 Å². The Bertz CT molecular complexity index is 388. The second-order valence-electron chi connectivity index (χ2n) is 5.29. The molecule has 1 aromatic heterocycles. The third-order valence-electron chi connectivity index (χ3n) is 4.08. The Morgan fingerprint density at radius 1 is 1.33 bits per heavy atom. The van der Waals surface area contributed by atoms with Crippen molar-refractivity contribution in [1.82, 2.24) is 5.32 Å². The van der Waals surface area contributed by atoms with Gasteiger partial charge < -0.3 is 14.8 Å². The van der Waals surface area contributed by atoms with E-state index in [-0.39, 0.29) is 5.79 Å². The summed E-state index contributed by atoms with van der Waals surface area (Å²) < 4.78 is 11.5. The molecule has 1 spiro atoms. The fourth-order valence-electron chi connectivity index (χ4n) is 2.87. The standard InChI is InChI=1S/C14H21NO2S/c1-11-4-9-18-13(11)10-15-12-2-5-14(6-3-12)16-7-8-17-14/h4,9,12,15H,2-3,5-8,10H2,1H3. The Morgan fingerprint density at radius 3 is 2.67 bits per heavy atom. The van der Waals surface area contributed by atoms with E-state index in [9.17, 15) is 0 Å². The summed E-state index contributed by atoms with van der Waals surface area (Å²) in [5.74, 6) is -0.225. The summed E-state index contributed by atoms with van der Waals surface area (Å²) >= 11 is 1.85. The van der Waals surface area contributed by atoms with Gasteiger partial charge in [0.25, 0.3) is 0 Å². The lowest BCUT2D eigenvalue weighted by molar-refractivity contribution is -0.179. The van der Waals surface area contributed by atoms with Crippen LogP contribution in [0.15, 0.2) is 11.4 Å². The summed E-state index contributed by atoms with van der Waals surface area (Å²) in [6.07, 6.45) is 4.39. The van der Waals surface area contributed by atoms with Crippen molar-refractivity contribution >= 4 is 11.3 Å². The lowest BCUT2D eigenvalue weighted by Gasteiger charge is -2.35. The number of hydrogen-bond acceptors (Lipinski definition) is 4. The zero-order valence-corrected chi connectivity index (χ0v) is 11.7. The van der Waals surface area contributed by atoms with Crippen LogP contribution in [0.5, 0.6) is 0 Å². The molecule has 18 heavy (non-hydrogen) atoms. The third kappa shape index (κ3) is 2.62. The van der Waals surface area contributed by atoms with E-state index in [0.717, 1.165) is 45.4 Å². The summed E-state index contributed by atoms with van der Waals surface area (Å²) in [7, 11) is 0. The van der Waals surface area contributed by atoms with Gasteiger partial charge in [-0.3, -0.25) is 0 Å². The Labute approximate surface area is 112 Å². The first-order valence-electron chi connectivity index (χ1n) is 6.82. The van der Waals surface area contributed by atoms with Gasteiger partial charge in [0, 0.05) is 30.3 Å². The maximum atomic E-state index is 5.75. The summed E-state index contributed by atoms with van der Waals surface area (Å²) in [6, 6.07) is 2.81. The van der Waals surface area contributed by atoms with Gasteiger partial charge >= 0.3 is 0 Å². The second-order valence-corrected chi connectivity index (χ2v) is 6.29. The van der Waals surface area contributed by atoms with Gasteiger partial charge in [-0.2, -0.15) is 0 Å². The predicted molar refractivity (Wildman–Crippen MR) is 72.8 cm³/mol. The first-order chi connectivity index (χ1) is 8.77. The first kappa shape index (κ1) is 12.6. The molecule has 1 aliphatic heterocycles. The van der Waals surface area contributed by atoms with E-state index in [4.69, 9.17) is 9.47 Å². The van der Waals surface area contributed by atoms with Crippen molar-refractivity contribution in [2.24, 2.45) is 0 Å². The molecule has 1 saturated heterocycles. The number of hydrogen-bond donors (Lipinski definition) is 1. The quantitative estimate of drug-likeness (QED) is 0.913.